The Labute approximate surface area is 120 Å². The first-order chi connectivity index (χ1) is 9.69. The van der Waals surface area contributed by atoms with Gasteiger partial charge >= 0.3 is 0 Å². The monoisotopic (exact) mass is 271 g/mol. The number of methoxy groups -OCH3 is 1. The Morgan fingerprint density at radius 1 is 1.00 bits per heavy atom. The predicted octanol–water partition coefficient (Wildman–Crippen LogP) is 3.16. The lowest BCUT2D eigenvalue weighted by molar-refractivity contribution is 0.284. The summed E-state index contributed by atoms with van der Waals surface area (Å²) in [6.07, 6.45) is 0.825. The summed E-state index contributed by atoms with van der Waals surface area (Å²) in [5.41, 5.74) is 8.13. The molecule has 0 radical (unpaired) electrons. The molecule has 0 bridgehead atoms. The van der Waals surface area contributed by atoms with E-state index in [1.54, 1.807) is 7.11 Å². The molecule has 0 unspecified atom stereocenters. The van der Waals surface area contributed by atoms with Crippen LogP contribution in [0.2, 0.25) is 0 Å². The Hall–Kier alpha value is -2.00. The van der Waals surface area contributed by atoms with Crippen LogP contribution in [-0.2, 0) is 13.0 Å². The first-order valence-corrected chi connectivity index (χ1v) is 6.78. The maximum Gasteiger partial charge on any atom is 0.161 e. The Morgan fingerprint density at radius 3 is 2.40 bits per heavy atom. The van der Waals surface area contributed by atoms with Crippen molar-refractivity contribution in [2.75, 3.05) is 7.11 Å². The molecule has 0 aliphatic rings. The number of hydrogen-bond acceptors (Lipinski definition) is 3. The van der Waals surface area contributed by atoms with Gasteiger partial charge in [-0.15, -0.1) is 0 Å². The zero-order chi connectivity index (χ0) is 14.4. The van der Waals surface area contributed by atoms with Gasteiger partial charge in [0.2, 0.25) is 0 Å². The Morgan fingerprint density at radius 2 is 1.75 bits per heavy atom. The van der Waals surface area contributed by atoms with Gasteiger partial charge in [-0.2, -0.15) is 0 Å². The lowest BCUT2D eigenvalue weighted by Crippen LogP contribution is -2.17. The first-order valence-electron chi connectivity index (χ1n) is 6.78. The summed E-state index contributed by atoms with van der Waals surface area (Å²) in [6.45, 7) is 2.52. The van der Waals surface area contributed by atoms with Gasteiger partial charge in [-0.05, 0) is 36.6 Å². The minimum atomic E-state index is 0.130. The molecule has 0 amide bonds. The molecule has 2 aromatic carbocycles. The fourth-order valence-electron chi connectivity index (χ4n) is 2.07. The maximum atomic E-state index is 5.87. The van der Waals surface area contributed by atoms with E-state index in [9.17, 15) is 0 Å². The molecule has 0 fully saturated rings. The van der Waals surface area contributed by atoms with E-state index in [2.05, 4.69) is 0 Å². The smallest absolute Gasteiger partial charge is 0.161 e. The van der Waals surface area contributed by atoms with Gasteiger partial charge in [-0.3, -0.25) is 0 Å². The molecule has 20 heavy (non-hydrogen) atoms. The predicted molar refractivity (Wildman–Crippen MR) is 81.1 cm³/mol. The van der Waals surface area contributed by atoms with Crippen LogP contribution in [0.3, 0.4) is 0 Å². The average Bonchev–Trinajstić information content (AvgIpc) is 2.46. The lowest BCUT2D eigenvalue weighted by Gasteiger charge is -2.13. The van der Waals surface area contributed by atoms with Gasteiger partial charge in [0.15, 0.2) is 11.5 Å². The molecule has 106 valence electrons. The van der Waals surface area contributed by atoms with Crippen LogP contribution in [0, 0.1) is 0 Å². The molecular formula is C17H21NO2. The third-order valence-electron chi connectivity index (χ3n) is 3.02. The van der Waals surface area contributed by atoms with E-state index in [0.29, 0.717) is 6.61 Å². The minimum absolute atomic E-state index is 0.130. The van der Waals surface area contributed by atoms with Crippen LogP contribution in [0.15, 0.2) is 48.5 Å². The molecular weight excluding hydrogens is 250 g/mol. The minimum Gasteiger partial charge on any atom is -0.493 e. The van der Waals surface area contributed by atoms with Crippen molar-refractivity contribution >= 4 is 0 Å². The van der Waals surface area contributed by atoms with Crippen LogP contribution in [0.1, 0.15) is 18.1 Å². The normalized spacial score (nSPS) is 11.9. The molecule has 0 aromatic heterocycles. The van der Waals surface area contributed by atoms with Gasteiger partial charge in [-0.1, -0.05) is 36.4 Å². The molecule has 0 saturated carbocycles. The maximum absolute atomic E-state index is 5.87. The van der Waals surface area contributed by atoms with Crippen molar-refractivity contribution < 1.29 is 9.47 Å². The molecule has 2 N–H and O–H groups in total. The van der Waals surface area contributed by atoms with E-state index in [1.807, 2.05) is 55.5 Å². The highest BCUT2D eigenvalue weighted by Gasteiger charge is 2.07. The number of hydrogen-bond donors (Lipinski definition) is 1. The number of rotatable bonds is 6. The van der Waals surface area contributed by atoms with Crippen LogP contribution in [-0.4, -0.2) is 13.2 Å². The van der Waals surface area contributed by atoms with Crippen molar-refractivity contribution in [3.63, 3.8) is 0 Å². The Balaban J connectivity index is 2.12. The molecule has 3 heteroatoms. The molecule has 0 heterocycles. The molecule has 0 aliphatic carbocycles. The van der Waals surface area contributed by atoms with Gasteiger partial charge in [0.05, 0.1) is 7.11 Å². The fraction of sp³-hybridized carbons (Fsp3) is 0.294. The molecule has 0 spiro atoms. The summed E-state index contributed by atoms with van der Waals surface area (Å²) in [5, 5.41) is 0. The molecule has 1 atom stereocenters. The second kappa shape index (κ2) is 6.96. The van der Waals surface area contributed by atoms with Crippen LogP contribution < -0.4 is 15.2 Å². The van der Waals surface area contributed by atoms with Crippen LogP contribution in [0.4, 0.5) is 0 Å². The second-order valence-electron chi connectivity index (χ2n) is 4.94. The van der Waals surface area contributed by atoms with Crippen molar-refractivity contribution in [2.24, 2.45) is 5.73 Å². The standard InChI is InChI=1S/C17H21NO2/c1-13(18)10-15-8-9-16(19-2)17(11-15)20-12-14-6-4-3-5-7-14/h3-9,11,13H,10,12,18H2,1-2H3/t13-/m0/s1. The van der Waals surface area contributed by atoms with Crippen LogP contribution in [0.25, 0.3) is 0 Å². The highest BCUT2D eigenvalue weighted by Crippen LogP contribution is 2.29. The van der Waals surface area contributed by atoms with E-state index < -0.39 is 0 Å². The second-order valence-corrected chi connectivity index (χ2v) is 4.94. The summed E-state index contributed by atoms with van der Waals surface area (Å²) in [7, 11) is 1.65. The summed E-state index contributed by atoms with van der Waals surface area (Å²) < 4.78 is 11.2. The number of nitrogens with two attached hydrogens (primary N) is 1. The lowest BCUT2D eigenvalue weighted by atomic mass is 10.1. The van der Waals surface area contributed by atoms with Crippen molar-refractivity contribution in [2.45, 2.75) is 26.0 Å². The van der Waals surface area contributed by atoms with E-state index >= 15 is 0 Å². The quantitative estimate of drug-likeness (QED) is 0.877. The van der Waals surface area contributed by atoms with E-state index in [4.69, 9.17) is 15.2 Å². The van der Waals surface area contributed by atoms with Gasteiger partial charge in [-0.25, -0.2) is 0 Å². The number of benzene rings is 2. The largest absolute Gasteiger partial charge is 0.493 e. The summed E-state index contributed by atoms with van der Waals surface area (Å²) in [6, 6.07) is 16.2. The molecule has 2 rings (SSSR count). The van der Waals surface area contributed by atoms with Crippen LogP contribution >= 0.6 is 0 Å². The fourth-order valence-corrected chi connectivity index (χ4v) is 2.07. The van der Waals surface area contributed by atoms with Gasteiger partial charge in [0.1, 0.15) is 6.61 Å². The summed E-state index contributed by atoms with van der Waals surface area (Å²) >= 11 is 0. The zero-order valence-electron chi connectivity index (χ0n) is 12.0. The van der Waals surface area contributed by atoms with E-state index in [0.717, 1.165) is 29.0 Å². The molecule has 0 aliphatic heterocycles. The van der Waals surface area contributed by atoms with Crippen LogP contribution in [0.5, 0.6) is 11.5 Å². The van der Waals surface area contributed by atoms with Crippen molar-refractivity contribution in [1.82, 2.24) is 0 Å². The molecule has 2 aromatic rings. The van der Waals surface area contributed by atoms with Gasteiger partial charge in [0.25, 0.3) is 0 Å². The summed E-state index contributed by atoms with van der Waals surface area (Å²) in [5.74, 6) is 1.50. The molecule has 3 nitrogen and oxygen atoms in total. The molecule has 0 saturated heterocycles. The third kappa shape index (κ3) is 4.00. The van der Waals surface area contributed by atoms with Crippen molar-refractivity contribution in [3.8, 4) is 11.5 Å². The highest BCUT2D eigenvalue weighted by atomic mass is 16.5. The van der Waals surface area contributed by atoms with Crippen molar-refractivity contribution in [1.29, 1.82) is 0 Å². The third-order valence-corrected chi connectivity index (χ3v) is 3.02. The van der Waals surface area contributed by atoms with E-state index in [-0.39, 0.29) is 6.04 Å². The topological polar surface area (TPSA) is 44.5 Å². The zero-order valence-corrected chi connectivity index (χ0v) is 12.0. The van der Waals surface area contributed by atoms with E-state index in [1.165, 1.54) is 0 Å². The highest BCUT2D eigenvalue weighted by molar-refractivity contribution is 5.43. The van der Waals surface area contributed by atoms with Gasteiger partial charge < -0.3 is 15.2 Å². The van der Waals surface area contributed by atoms with Crippen molar-refractivity contribution in [3.05, 3.63) is 59.7 Å². The Kier molecular flexibility index (Phi) is 5.02. The van der Waals surface area contributed by atoms with Gasteiger partial charge in [0, 0.05) is 6.04 Å². The SMILES string of the molecule is COc1ccc(C[C@H](C)N)cc1OCc1ccccc1. The number of ether oxygens (including phenoxy) is 2. The Bertz CT molecular complexity index is 538. The first kappa shape index (κ1) is 14.4. The average molecular weight is 271 g/mol. The summed E-state index contributed by atoms with van der Waals surface area (Å²) in [4.78, 5) is 0.